The third-order valence-electron chi connectivity index (χ3n) is 4.52. The van der Waals surface area contributed by atoms with E-state index in [1.54, 1.807) is 48.8 Å². The Balaban J connectivity index is 1.34. The number of carbonyl (C=O) groups is 1. The second-order valence-electron chi connectivity index (χ2n) is 6.59. The summed E-state index contributed by atoms with van der Waals surface area (Å²) >= 11 is 0. The Bertz CT molecular complexity index is 1190. The number of benzene rings is 2. The Kier molecular flexibility index (Phi) is 5.21. The van der Waals surface area contributed by atoms with E-state index in [0.717, 1.165) is 22.0 Å². The highest BCUT2D eigenvalue weighted by Gasteiger charge is 2.09. The van der Waals surface area contributed by atoms with Crippen LogP contribution in [0.25, 0.3) is 10.9 Å². The zero-order chi connectivity index (χ0) is 20.1. The number of amides is 1. The van der Waals surface area contributed by atoms with Crippen molar-refractivity contribution in [2.24, 2.45) is 0 Å². The summed E-state index contributed by atoms with van der Waals surface area (Å²) < 4.78 is 5.75. The Morgan fingerprint density at radius 3 is 2.86 bits per heavy atom. The van der Waals surface area contributed by atoms with Gasteiger partial charge in [0.1, 0.15) is 12.4 Å². The Hall–Kier alpha value is -4.11. The number of carbonyl (C=O) groups excluding carboxylic acids is 1. The Morgan fingerprint density at radius 1 is 1.17 bits per heavy atom. The molecule has 6 heteroatoms. The molecule has 0 radical (unpaired) electrons. The first-order valence-electron chi connectivity index (χ1n) is 9.13. The third-order valence-corrected chi connectivity index (χ3v) is 4.52. The molecule has 0 bridgehead atoms. The van der Waals surface area contributed by atoms with Crippen LogP contribution in [0.4, 0.5) is 5.69 Å². The van der Waals surface area contributed by atoms with Gasteiger partial charge in [0, 0.05) is 23.5 Å². The number of ether oxygens (including phenoxy) is 1. The fraction of sp³-hybridized carbons (Fsp3) is 0.0870. The van der Waals surface area contributed by atoms with Crippen molar-refractivity contribution < 1.29 is 9.53 Å². The standard InChI is InChI=1S/C23H18N4O2/c24-12-16-2-1-3-17(10-16)15-29-20-6-4-19(5-7-20)27-23(28)11-18-13-26-22-14-25-9-8-21(18)22/h1-10,13-14,26H,11,15H2,(H,27,28). The molecule has 1 amide bonds. The molecule has 0 fully saturated rings. The van der Waals surface area contributed by atoms with E-state index in [9.17, 15) is 4.79 Å². The Morgan fingerprint density at radius 2 is 2.03 bits per heavy atom. The van der Waals surface area contributed by atoms with Crippen molar-refractivity contribution in [1.82, 2.24) is 9.97 Å². The number of nitriles is 1. The number of nitrogens with zero attached hydrogens (tertiary/aromatic N) is 2. The van der Waals surface area contributed by atoms with Gasteiger partial charge in [-0.1, -0.05) is 12.1 Å². The van der Waals surface area contributed by atoms with Gasteiger partial charge in [-0.2, -0.15) is 5.26 Å². The minimum Gasteiger partial charge on any atom is -0.489 e. The van der Waals surface area contributed by atoms with Crippen LogP contribution in [-0.4, -0.2) is 15.9 Å². The summed E-state index contributed by atoms with van der Waals surface area (Å²) in [5.41, 5.74) is 4.08. The maximum atomic E-state index is 12.4. The van der Waals surface area contributed by atoms with Crippen LogP contribution in [0.15, 0.2) is 73.2 Å². The average Bonchev–Trinajstić information content (AvgIpc) is 3.16. The van der Waals surface area contributed by atoms with Crippen LogP contribution in [0.5, 0.6) is 5.75 Å². The number of aromatic nitrogens is 2. The third kappa shape index (κ3) is 4.42. The number of aromatic amines is 1. The van der Waals surface area contributed by atoms with E-state index in [0.29, 0.717) is 23.6 Å². The van der Waals surface area contributed by atoms with Gasteiger partial charge in [0.05, 0.1) is 29.8 Å². The van der Waals surface area contributed by atoms with Crippen molar-refractivity contribution in [2.45, 2.75) is 13.0 Å². The van der Waals surface area contributed by atoms with Gasteiger partial charge in [-0.25, -0.2) is 0 Å². The average molecular weight is 382 g/mol. The van der Waals surface area contributed by atoms with Crippen LogP contribution in [0.1, 0.15) is 16.7 Å². The molecule has 2 aromatic carbocycles. The first-order chi connectivity index (χ1) is 14.2. The molecule has 29 heavy (non-hydrogen) atoms. The van der Waals surface area contributed by atoms with Crippen molar-refractivity contribution in [3.05, 3.63) is 89.9 Å². The quantitative estimate of drug-likeness (QED) is 0.523. The van der Waals surface area contributed by atoms with E-state index in [-0.39, 0.29) is 12.3 Å². The molecule has 2 N–H and O–H groups in total. The molecule has 4 aromatic rings. The van der Waals surface area contributed by atoms with Gasteiger partial charge in [-0.15, -0.1) is 0 Å². The number of anilines is 1. The number of nitrogens with one attached hydrogen (secondary N) is 2. The van der Waals surface area contributed by atoms with Gasteiger partial charge in [-0.3, -0.25) is 9.78 Å². The van der Waals surface area contributed by atoms with Crippen LogP contribution in [-0.2, 0) is 17.8 Å². The molecule has 142 valence electrons. The lowest BCUT2D eigenvalue weighted by Crippen LogP contribution is -2.14. The minimum absolute atomic E-state index is 0.0929. The van der Waals surface area contributed by atoms with E-state index in [1.165, 1.54) is 0 Å². The summed E-state index contributed by atoms with van der Waals surface area (Å²) in [5, 5.41) is 12.9. The number of fused-ring (bicyclic) bond motifs is 1. The summed E-state index contributed by atoms with van der Waals surface area (Å²) in [7, 11) is 0. The van der Waals surface area contributed by atoms with Crippen LogP contribution in [0.2, 0.25) is 0 Å². The highest BCUT2D eigenvalue weighted by Crippen LogP contribution is 2.20. The molecule has 6 nitrogen and oxygen atoms in total. The van der Waals surface area contributed by atoms with Gasteiger partial charge in [0.15, 0.2) is 0 Å². The topological polar surface area (TPSA) is 90.8 Å². The molecule has 0 saturated heterocycles. The van der Waals surface area contributed by atoms with Crippen molar-refractivity contribution >= 4 is 22.5 Å². The van der Waals surface area contributed by atoms with Crippen LogP contribution in [0.3, 0.4) is 0 Å². The normalized spacial score (nSPS) is 10.4. The summed E-state index contributed by atoms with van der Waals surface area (Å²) in [6, 6.07) is 18.5. The largest absolute Gasteiger partial charge is 0.489 e. The highest BCUT2D eigenvalue weighted by atomic mass is 16.5. The molecule has 0 spiro atoms. The molecule has 2 aromatic heterocycles. The summed E-state index contributed by atoms with van der Waals surface area (Å²) in [6.45, 7) is 0.372. The van der Waals surface area contributed by atoms with Gasteiger partial charge in [0.2, 0.25) is 5.91 Å². The lowest BCUT2D eigenvalue weighted by molar-refractivity contribution is -0.115. The summed E-state index contributed by atoms with van der Waals surface area (Å²) in [6.07, 6.45) is 5.57. The molecule has 0 aliphatic carbocycles. The van der Waals surface area contributed by atoms with E-state index >= 15 is 0 Å². The van der Waals surface area contributed by atoms with E-state index < -0.39 is 0 Å². The second kappa shape index (κ2) is 8.28. The minimum atomic E-state index is -0.0929. The molecule has 0 atom stereocenters. The SMILES string of the molecule is N#Cc1cccc(COc2ccc(NC(=O)Cc3c[nH]c4cnccc34)cc2)c1. The van der Waals surface area contributed by atoms with Gasteiger partial charge in [-0.05, 0) is 53.6 Å². The molecule has 0 aliphatic heterocycles. The predicted molar refractivity (Wildman–Crippen MR) is 110 cm³/mol. The van der Waals surface area contributed by atoms with Crippen LogP contribution >= 0.6 is 0 Å². The molecular weight excluding hydrogens is 364 g/mol. The van der Waals surface area contributed by atoms with E-state index in [1.807, 2.05) is 24.4 Å². The van der Waals surface area contributed by atoms with Gasteiger partial charge in [0.25, 0.3) is 0 Å². The molecule has 2 heterocycles. The molecule has 0 unspecified atom stereocenters. The fourth-order valence-corrected chi connectivity index (χ4v) is 3.09. The van der Waals surface area contributed by atoms with Gasteiger partial charge < -0.3 is 15.0 Å². The molecule has 0 saturated carbocycles. The Labute approximate surface area is 167 Å². The number of hydrogen-bond donors (Lipinski definition) is 2. The summed E-state index contributed by atoms with van der Waals surface area (Å²) in [5.74, 6) is 0.596. The van der Waals surface area contributed by atoms with Crippen LogP contribution in [0, 0.1) is 11.3 Å². The number of rotatable bonds is 6. The maximum absolute atomic E-state index is 12.4. The zero-order valence-corrected chi connectivity index (χ0v) is 15.6. The monoisotopic (exact) mass is 382 g/mol. The second-order valence-corrected chi connectivity index (χ2v) is 6.59. The van der Waals surface area contributed by atoms with Crippen LogP contribution < -0.4 is 10.1 Å². The molecule has 0 aliphatic rings. The summed E-state index contributed by atoms with van der Waals surface area (Å²) in [4.78, 5) is 19.6. The lowest BCUT2D eigenvalue weighted by Gasteiger charge is -2.09. The molecule has 4 rings (SSSR count). The first kappa shape index (κ1) is 18.3. The smallest absolute Gasteiger partial charge is 0.228 e. The predicted octanol–water partition coefficient (Wildman–Crippen LogP) is 4.19. The highest BCUT2D eigenvalue weighted by molar-refractivity contribution is 5.95. The van der Waals surface area contributed by atoms with Crippen molar-refractivity contribution in [2.75, 3.05) is 5.32 Å². The fourth-order valence-electron chi connectivity index (χ4n) is 3.09. The molecular formula is C23H18N4O2. The van der Waals surface area contributed by atoms with Crippen molar-refractivity contribution in [3.63, 3.8) is 0 Å². The van der Waals surface area contributed by atoms with Crippen molar-refractivity contribution in [3.8, 4) is 11.8 Å². The maximum Gasteiger partial charge on any atom is 0.228 e. The number of pyridine rings is 1. The number of H-pyrrole nitrogens is 1. The van der Waals surface area contributed by atoms with E-state index in [2.05, 4.69) is 21.4 Å². The number of hydrogen-bond acceptors (Lipinski definition) is 4. The van der Waals surface area contributed by atoms with Crippen molar-refractivity contribution in [1.29, 1.82) is 5.26 Å². The zero-order valence-electron chi connectivity index (χ0n) is 15.6. The lowest BCUT2D eigenvalue weighted by atomic mass is 10.1. The van der Waals surface area contributed by atoms with E-state index in [4.69, 9.17) is 10.00 Å². The van der Waals surface area contributed by atoms with Gasteiger partial charge >= 0.3 is 0 Å². The first-order valence-corrected chi connectivity index (χ1v) is 9.13.